The van der Waals surface area contributed by atoms with E-state index in [-0.39, 0.29) is 17.3 Å². The molecule has 0 unspecified atom stereocenters. The van der Waals surface area contributed by atoms with Gasteiger partial charge in [0.25, 0.3) is 10.0 Å². The van der Waals surface area contributed by atoms with Crippen LogP contribution in [0.2, 0.25) is 5.02 Å². The number of aryl methyl sites for hydroxylation is 3. The zero-order valence-corrected chi connectivity index (χ0v) is 23.9. The van der Waals surface area contributed by atoms with Gasteiger partial charge < -0.3 is 10.2 Å². The summed E-state index contributed by atoms with van der Waals surface area (Å²) in [6.45, 7) is 7.04. The van der Waals surface area contributed by atoms with E-state index in [4.69, 9.17) is 11.6 Å². The predicted molar refractivity (Wildman–Crippen MR) is 152 cm³/mol. The normalized spacial score (nSPS) is 12.1. The Labute approximate surface area is 230 Å². The van der Waals surface area contributed by atoms with Gasteiger partial charge in [-0.2, -0.15) is 0 Å². The van der Waals surface area contributed by atoms with Crippen molar-refractivity contribution in [2.24, 2.45) is 0 Å². The molecular weight excluding hydrogens is 522 g/mol. The second-order valence-corrected chi connectivity index (χ2v) is 11.5. The maximum Gasteiger partial charge on any atom is 0.264 e. The molecule has 0 aromatic heterocycles. The Morgan fingerprint density at radius 2 is 1.61 bits per heavy atom. The number of nitrogens with zero attached hydrogens (tertiary/aromatic N) is 2. The van der Waals surface area contributed by atoms with Crippen LogP contribution in [-0.4, -0.2) is 44.8 Å². The second-order valence-electron chi connectivity index (χ2n) is 9.24. The van der Waals surface area contributed by atoms with Crippen molar-refractivity contribution in [3.8, 4) is 0 Å². The SMILES string of the molecule is CC[C@@H](C(=O)NC)N(Cc1ccccc1C)C(=O)CN(c1ccc(Cl)cc1C)S(=O)(=O)c1ccc(C)cc1. The topological polar surface area (TPSA) is 86.8 Å². The molecule has 9 heteroatoms. The Bertz CT molecular complexity index is 1410. The van der Waals surface area contributed by atoms with Crippen LogP contribution in [0.25, 0.3) is 0 Å². The number of likely N-dealkylation sites (N-methyl/N-ethyl adjacent to an activating group) is 1. The number of anilines is 1. The number of hydrogen-bond donors (Lipinski definition) is 1. The zero-order valence-electron chi connectivity index (χ0n) is 22.4. The first-order valence-electron chi connectivity index (χ1n) is 12.4. The van der Waals surface area contributed by atoms with Crippen LogP contribution in [0.3, 0.4) is 0 Å². The highest BCUT2D eigenvalue weighted by molar-refractivity contribution is 7.92. The Kier molecular flexibility index (Phi) is 9.57. The highest BCUT2D eigenvalue weighted by atomic mass is 35.5. The molecule has 0 heterocycles. The molecule has 0 aliphatic heterocycles. The molecule has 0 bridgehead atoms. The summed E-state index contributed by atoms with van der Waals surface area (Å²) in [5, 5.41) is 3.09. The number of amides is 2. The maximum atomic E-state index is 14.0. The lowest BCUT2D eigenvalue weighted by atomic mass is 10.1. The van der Waals surface area contributed by atoms with Crippen LogP contribution in [0.1, 0.15) is 35.6 Å². The van der Waals surface area contributed by atoms with Gasteiger partial charge in [0, 0.05) is 18.6 Å². The lowest BCUT2D eigenvalue weighted by molar-refractivity contribution is -0.140. The molecule has 0 fully saturated rings. The van der Waals surface area contributed by atoms with Crippen LogP contribution in [0.4, 0.5) is 5.69 Å². The average Bonchev–Trinajstić information content (AvgIpc) is 2.88. The molecule has 0 radical (unpaired) electrons. The van der Waals surface area contributed by atoms with Crippen molar-refractivity contribution in [3.63, 3.8) is 0 Å². The summed E-state index contributed by atoms with van der Waals surface area (Å²) < 4.78 is 29.0. The van der Waals surface area contributed by atoms with Crippen molar-refractivity contribution in [3.05, 3.63) is 94.0 Å². The van der Waals surface area contributed by atoms with Crippen molar-refractivity contribution in [2.45, 2.75) is 51.6 Å². The summed E-state index contributed by atoms with van der Waals surface area (Å²) in [7, 11) is -2.61. The molecule has 0 saturated carbocycles. The number of sulfonamides is 1. The molecule has 7 nitrogen and oxygen atoms in total. The summed E-state index contributed by atoms with van der Waals surface area (Å²) in [6.07, 6.45) is 0.363. The van der Waals surface area contributed by atoms with Gasteiger partial charge in [0.15, 0.2) is 0 Å². The number of benzene rings is 3. The van der Waals surface area contributed by atoms with E-state index >= 15 is 0 Å². The van der Waals surface area contributed by atoms with Crippen molar-refractivity contribution in [2.75, 3.05) is 17.9 Å². The van der Waals surface area contributed by atoms with Crippen LogP contribution in [-0.2, 0) is 26.2 Å². The third kappa shape index (κ3) is 6.55. The van der Waals surface area contributed by atoms with Crippen molar-refractivity contribution >= 4 is 39.1 Å². The number of halogens is 1. The molecule has 3 aromatic rings. The van der Waals surface area contributed by atoms with Gasteiger partial charge in [0.2, 0.25) is 11.8 Å². The van der Waals surface area contributed by atoms with Crippen molar-refractivity contribution in [1.82, 2.24) is 10.2 Å². The summed E-state index contributed by atoms with van der Waals surface area (Å²) in [6, 6.07) is 18.2. The quantitative estimate of drug-likeness (QED) is 0.381. The zero-order chi connectivity index (χ0) is 28.0. The molecule has 2 amide bonds. The number of carbonyl (C=O) groups excluding carboxylic acids is 2. The van der Waals surface area contributed by atoms with Crippen LogP contribution < -0.4 is 9.62 Å². The van der Waals surface area contributed by atoms with Gasteiger partial charge in [-0.05, 0) is 74.2 Å². The summed E-state index contributed by atoms with van der Waals surface area (Å²) >= 11 is 6.16. The maximum absolute atomic E-state index is 14.0. The largest absolute Gasteiger partial charge is 0.357 e. The number of hydrogen-bond acceptors (Lipinski definition) is 4. The molecule has 3 aromatic carbocycles. The highest BCUT2D eigenvalue weighted by Crippen LogP contribution is 2.30. The van der Waals surface area contributed by atoms with Crippen molar-refractivity contribution in [1.29, 1.82) is 0 Å². The van der Waals surface area contributed by atoms with E-state index in [1.165, 1.54) is 24.1 Å². The minimum Gasteiger partial charge on any atom is -0.357 e. The first-order chi connectivity index (χ1) is 18.0. The van der Waals surface area contributed by atoms with Gasteiger partial charge in [0.05, 0.1) is 10.6 Å². The van der Waals surface area contributed by atoms with Crippen LogP contribution >= 0.6 is 11.6 Å². The van der Waals surface area contributed by atoms with Crippen LogP contribution in [0, 0.1) is 20.8 Å². The number of carbonyl (C=O) groups is 2. The third-order valence-corrected chi connectivity index (χ3v) is 8.56. The fraction of sp³-hybridized carbons (Fsp3) is 0.310. The minimum absolute atomic E-state index is 0.0639. The molecular formula is C29H34ClN3O4S. The highest BCUT2D eigenvalue weighted by Gasteiger charge is 2.34. The van der Waals surface area contributed by atoms with E-state index in [9.17, 15) is 18.0 Å². The molecule has 38 heavy (non-hydrogen) atoms. The number of nitrogens with one attached hydrogen (secondary N) is 1. The van der Waals surface area contributed by atoms with Crippen LogP contribution in [0.5, 0.6) is 0 Å². The van der Waals surface area contributed by atoms with E-state index in [1.54, 1.807) is 37.3 Å². The summed E-state index contributed by atoms with van der Waals surface area (Å²) in [5.74, 6) is -0.807. The smallest absolute Gasteiger partial charge is 0.264 e. The first-order valence-corrected chi connectivity index (χ1v) is 14.2. The molecule has 0 aliphatic rings. The summed E-state index contributed by atoms with van der Waals surface area (Å²) in [4.78, 5) is 28.3. The Hall–Kier alpha value is -3.36. The van der Waals surface area contributed by atoms with Gasteiger partial charge in [-0.15, -0.1) is 0 Å². The first kappa shape index (κ1) is 29.2. The fourth-order valence-corrected chi connectivity index (χ4v) is 6.01. The minimum atomic E-state index is -4.13. The standard InChI is InChI=1S/C29H34ClN3O4S/c1-6-26(29(35)31-5)32(18-23-10-8-7-9-21(23)3)28(34)19-33(27-16-13-24(30)17-22(27)4)38(36,37)25-14-11-20(2)12-15-25/h7-17,26H,6,18-19H2,1-5H3,(H,31,35)/t26-/m0/s1. The van der Waals surface area contributed by atoms with E-state index < -0.39 is 28.5 Å². The van der Waals surface area contributed by atoms with Crippen LogP contribution in [0.15, 0.2) is 71.6 Å². The Morgan fingerprint density at radius 1 is 0.947 bits per heavy atom. The van der Waals surface area contributed by atoms with E-state index in [2.05, 4.69) is 5.32 Å². The van der Waals surface area contributed by atoms with E-state index in [1.807, 2.05) is 45.0 Å². The fourth-order valence-electron chi connectivity index (χ4n) is 4.31. The lowest BCUT2D eigenvalue weighted by Gasteiger charge is -2.33. The van der Waals surface area contributed by atoms with Gasteiger partial charge in [-0.3, -0.25) is 13.9 Å². The number of rotatable bonds is 10. The van der Waals surface area contributed by atoms with Gasteiger partial charge in [0.1, 0.15) is 12.6 Å². The molecule has 3 rings (SSSR count). The molecule has 0 spiro atoms. The second kappa shape index (κ2) is 12.5. The molecule has 1 N–H and O–H groups in total. The molecule has 1 atom stereocenters. The van der Waals surface area contributed by atoms with E-state index in [0.717, 1.165) is 21.0 Å². The lowest BCUT2D eigenvalue weighted by Crippen LogP contribution is -2.52. The van der Waals surface area contributed by atoms with Crippen molar-refractivity contribution < 1.29 is 18.0 Å². The Morgan fingerprint density at radius 3 is 2.18 bits per heavy atom. The molecule has 202 valence electrons. The molecule has 0 aliphatic carbocycles. The molecule has 0 saturated heterocycles. The predicted octanol–water partition coefficient (Wildman–Crippen LogP) is 5.01. The Balaban J connectivity index is 2.11. The summed E-state index contributed by atoms with van der Waals surface area (Å²) in [5.41, 5.74) is 3.69. The van der Waals surface area contributed by atoms with E-state index in [0.29, 0.717) is 22.7 Å². The monoisotopic (exact) mass is 555 g/mol. The average molecular weight is 556 g/mol. The van der Waals surface area contributed by atoms with Gasteiger partial charge >= 0.3 is 0 Å². The third-order valence-electron chi connectivity index (χ3n) is 6.55. The van der Waals surface area contributed by atoms with Gasteiger partial charge in [-0.25, -0.2) is 8.42 Å². The van der Waals surface area contributed by atoms with Gasteiger partial charge in [-0.1, -0.05) is 60.5 Å².